The van der Waals surface area contributed by atoms with Gasteiger partial charge in [0.25, 0.3) is 0 Å². The molecular formula is C22H34O5Si2. The standard InChI is InChI=1S/C22H34O5Si2/c1-28(2,19-11-5-9-17(19)21-23-13-7-14-24-21)27-29(3,4)20-12-6-10-18(20)22-25-15-8-16-26-22/h5-6,9-12,17-18,21-22H,7-8,13-16H2,1-4H3. The van der Waals surface area contributed by atoms with E-state index in [1.165, 1.54) is 10.4 Å². The van der Waals surface area contributed by atoms with Crippen LogP contribution in [0, 0.1) is 11.8 Å². The summed E-state index contributed by atoms with van der Waals surface area (Å²) >= 11 is 0. The van der Waals surface area contributed by atoms with Crippen molar-refractivity contribution in [1.29, 1.82) is 0 Å². The maximum atomic E-state index is 7.07. The Morgan fingerprint density at radius 2 is 1.07 bits per heavy atom. The van der Waals surface area contributed by atoms with Gasteiger partial charge in [0.1, 0.15) is 0 Å². The van der Waals surface area contributed by atoms with Crippen molar-refractivity contribution < 1.29 is 23.1 Å². The number of hydrogen-bond donors (Lipinski definition) is 0. The highest BCUT2D eigenvalue weighted by Gasteiger charge is 2.46. The molecule has 7 heteroatoms. The molecule has 0 N–H and O–H groups in total. The van der Waals surface area contributed by atoms with Crippen molar-refractivity contribution in [2.45, 2.75) is 51.6 Å². The Labute approximate surface area is 176 Å². The van der Waals surface area contributed by atoms with E-state index in [1.54, 1.807) is 0 Å². The van der Waals surface area contributed by atoms with Gasteiger partial charge in [-0.3, -0.25) is 0 Å². The van der Waals surface area contributed by atoms with Gasteiger partial charge in [-0.2, -0.15) is 0 Å². The van der Waals surface area contributed by atoms with Crippen LogP contribution in [0.25, 0.3) is 0 Å². The molecule has 4 rings (SSSR count). The van der Waals surface area contributed by atoms with Gasteiger partial charge in [0.05, 0.1) is 26.4 Å². The molecule has 0 amide bonds. The molecule has 2 atom stereocenters. The monoisotopic (exact) mass is 434 g/mol. The second-order valence-corrected chi connectivity index (χ2v) is 17.1. The highest BCUT2D eigenvalue weighted by molar-refractivity contribution is 6.91. The molecular weight excluding hydrogens is 400 g/mol. The molecule has 2 aliphatic carbocycles. The smallest absolute Gasteiger partial charge is 0.202 e. The van der Waals surface area contributed by atoms with Crippen LogP contribution in [0.15, 0.2) is 46.8 Å². The van der Waals surface area contributed by atoms with Crippen LogP contribution in [0.3, 0.4) is 0 Å². The summed E-state index contributed by atoms with van der Waals surface area (Å²) in [5, 5.41) is 2.72. The summed E-state index contributed by atoms with van der Waals surface area (Å²) < 4.78 is 30.8. The Morgan fingerprint density at radius 1 is 0.690 bits per heavy atom. The molecule has 0 saturated carbocycles. The Hall–Kier alpha value is -0.806. The van der Waals surface area contributed by atoms with Crippen LogP contribution >= 0.6 is 0 Å². The second-order valence-electron chi connectivity index (χ2n) is 9.12. The first kappa shape index (κ1) is 21.4. The largest absolute Gasteiger partial charge is 0.449 e. The Morgan fingerprint density at radius 3 is 1.45 bits per heavy atom. The lowest BCUT2D eigenvalue weighted by molar-refractivity contribution is -0.190. The molecule has 0 radical (unpaired) electrons. The average molecular weight is 435 g/mol. The van der Waals surface area contributed by atoms with Crippen LogP contribution < -0.4 is 0 Å². The lowest BCUT2D eigenvalue weighted by atomic mass is 10.1. The predicted octanol–water partition coefficient (Wildman–Crippen LogP) is 4.24. The molecule has 160 valence electrons. The van der Waals surface area contributed by atoms with E-state index in [1.807, 2.05) is 0 Å². The summed E-state index contributed by atoms with van der Waals surface area (Å²) in [6.07, 6.45) is 14.7. The maximum absolute atomic E-state index is 7.07. The van der Waals surface area contributed by atoms with Gasteiger partial charge in [0.2, 0.25) is 16.6 Å². The van der Waals surface area contributed by atoms with Crippen molar-refractivity contribution in [3.8, 4) is 0 Å². The number of hydrogen-bond acceptors (Lipinski definition) is 5. The third-order valence-corrected chi connectivity index (χ3v) is 14.0. The van der Waals surface area contributed by atoms with Crippen molar-refractivity contribution in [3.05, 3.63) is 46.8 Å². The average Bonchev–Trinajstić information content (AvgIpc) is 3.39. The minimum atomic E-state index is -2.15. The molecule has 2 unspecified atom stereocenters. The van der Waals surface area contributed by atoms with Crippen molar-refractivity contribution in [2.24, 2.45) is 11.8 Å². The molecule has 0 aromatic heterocycles. The Bertz CT molecular complexity index is 653. The third kappa shape index (κ3) is 4.61. The molecule has 0 aromatic carbocycles. The lowest BCUT2D eigenvalue weighted by Crippen LogP contribution is -2.51. The summed E-state index contributed by atoms with van der Waals surface area (Å²) in [5.41, 5.74) is 0. The van der Waals surface area contributed by atoms with Crippen molar-refractivity contribution in [1.82, 2.24) is 0 Å². The zero-order chi connectivity index (χ0) is 20.5. The van der Waals surface area contributed by atoms with Gasteiger partial charge in [0, 0.05) is 11.8 Å². The van der Waals surface area contributed by atoms with Crippen molar-refractivity contribution >= 4 is 16.6 Å². The summed E-state index contributed by atoms with van der Waals surface area (Å²) in [6, 6.07) is 0. The maximum Gasteiger partial charge on any atom is 0.202 e. The SMILES string of the molecule is C[Si](C)(O[Si](C)(C)C1=CC=CC1C1OCCCO1)C1=CC=CC1C1OCCCO1. The van der Waals surface area contributed by atoms with E-state index in [0.29, 0.717) is 0 Å². The second kappa shape index (κ2) is 8.74. The van der Waals surface area contributed by atoms with Crippen LogP contribution in [-0.4, -0.2) is 55.6 Å². The fourth-order valence-electron chi connectivity index (χ4n) is 4.85. The van der Waals surface area contributed by atoms with Gasteiger partial charge in [0.15, 0.2) is 12.6 Å². The van der Waals surface area contributed by atoms with Crippen LogP contribution in [0.5, 0.6) is 0 Å². The fraction of sp³-hybridized carbons (Fsp3) is 0.636. The summed E-state index contributed by atoms with van der Waals surface area (Å²) in [4.78, 5) is 0. The van der Waals surface area contributed by atoms with E-state index < -0.39 is 16.6 Å². The van der Waals surface area contributed by atoms with E-state index in [9.17, 15) is 0 Å². The zero-order valence-electron chi connectivity index (χ0n) is 18.1. The highest BCUT2D eigenvalue weighted by Crippen LogP contribution is 2.40. The number of allylic oxidation sites excluding steroid dienone is 4. The molecule has 29 heavy (non-hydrogen) atoms. The topological polar surface area (TPSA) is 46.2 Å². The summed E-state index contributed by atoms with van der Waals surface area (Å²) in [5.74, 6) is 0.330. The quantitative estimate of drug-likeness (QED) is 0.585. The third-order valence-electron chi connectivity index (χ3n) is 6.10. The lowest BCUT2D eigenvalue weighted by Gasteiger charge is -2.41. The van der Waals surface area contributed by atoms with E-state index in [2.05, 4.69) is 62.6 Å². The normalized spacial score (nSPS) is 29.4. The van der Waals surface area contributed by atoms with Gasteiger partial charge in [-0.1, -0.05) is 36.5 Å². The van der Waals surface area contributed by atoms with Crippen LogP contribution in [0.1, 0.15) is 12.8 Å². The minimum Gasteiger partial charge on any atom is -0.449 e. The molecule has 2 heterocycles. The van der Waals surface area contributed by atoms with Gasteiger partial charge in [-0.05, 0) is 49.4 Å². The van der Waals surface area contributed by atoms with Crippen LogP contribution in [-0.2, 0) is 23.1 Å². The first-order valence-electron chi connectivity index (χ1n) is 10.8. The first-order chi connectivity index (χ1) is 13.9. The molecule has 2 fully saturated rings. The zero-order valence-corrected chi connectivity index (χ0v) is 20.1. The number of rotatable bonds is 6. The molecule has 0 spiro atoms. The number of ether oxygens (including phenoxy) is 4. The first-order valence-corrected chi connectivity index (χ1v) is 16.6. The molecule has 0 bridgehead atoms. The van der Waals surface area contributed by atoms with E-state index in [4.69, 9.17) is 23.1 Å². The summed E-state index contributed by atoms with van der Waals surface area (Å²) in [7, 11) is -4.30. The van der Waals surface area contributed by atoms with E-state index >= 15 is 0 Å². The highest BCUT2D eigenvalue weighted by atomic mass is 28.4. The molecule has 0 aromatic rings. The van der Waals surface area contributed by atoms with Gasteiger partial charge >= 0.3 is 0 Å². The van der Waals surface area contributed by atoms with Crippen LogP contribution in [0.2, 0.25) is 26.2 Å². The molecule has 2 saturated heterocycles. The van der Waals surface area contributed by atoms with Gasteiger partial charge in [-0.25, -0.2) is 0 Å². The van der Waals surface area contributed by atoms with E-state index in [0.717, 1.165) is 39.3 Å². The van der Waals surface area contributed by atoms with Gasteiger partial charge in [-0.15, -0.1) is 0 Å². The summed E-state index contributed by atoms with van der Waals surface area (Å²) in [6.45, 7) is 12.3. The Balaban J connectivity index is 1.47. The molecule has 4 aliphatic rings. The Kier molecular flexibility index (Phi) is 6.46. The van der Waals surface area contributed by atoms with Gasteiger partial charge < -0.3 is 23.1 Å². The van der Waals surface area contributed by atoms with Crippen molar-refractivity contribution in [2.75, 3.05) is 26.4 Å². The predicted molar refractivity (Wildman–Crippen MR) is 118 cm³/mol. The van der Waals surface area contributed by atoms with Crippen molar-refractivity contribution in [3.63, 3.8) is 0 Å². The minimum absolute atomic E-state index is 0.165. The fourth-order valence-corrected chi connectivity index (χ4v) is 14.0. The van der Waals surface area contributed by atoms with Crippen LogP contribution in [0.4, 0.5) is 0 Å². The van der Waals surface area contributed by atoms with E-state index in [-0.39, 0.29) is 24.4 Å². The molecule has 2 aliphatic heterocycles. The molecule has 5 nitrogen and oxygen atoms in total.